The van der Waals surface area contributed by atoms with E-state index in [1.54, 1.807) is 13.8 Å². The highest BCUT2D eigenvalue weighted by Crippen LogP contribution is 2.28. The van der Waals surface area contributed by atoms with Gasteiger partial charge in [-0.25, -0.2) is 4.68 Å². The van der Waals surface area contributed by atoms with E-state index in [-0.39, 0.29) is 30.6 Å². The van der Waals surface area contributed by atoms with Crippen LogP contribution in [0, 0.1) is 10.1 Å². The minimum absolute atomic E-state index is 0.00810. The molecule has 0 fully saturated rings. The Morgan fingerprint density at radius 1 is 1.71 bits per heavy atom. The Kier molecular flexibility index (Phi) is 4.02. The van der Waals surface area contributed by atoms with E-state index in [4.69, 9.17) is 9.84 Å². The van der Waals surface area contributed by atoms with Gasteiger partial charge in [-0.05, 0) is 13.8 Å². The smallest absolute Gasteiger partial charge is 0.350 e. The lowest BCUT2D eigenvalue weighted by Crippen LogP contribution is -2.11. The number of carboxylic acid groups (broad SMARTS) is 1. The van der Waals surface area contributed by atoms with Crippen LogP contribution in [-0.4, -0.2) is 32.4 Å². The number of carboxylic acids is 1. The van der Waals surface area contributed by atoms with E-state index in [1.807, 2.05) is 0 Å². The van der Waals surface area contributed by atoms with Crippen LogP contribution < -0.4 is 4.74 Å². The number of aliphatic carboxylic acids is 1. The highest BCUT2D eigenvalue weighted by molar-refractivity contribution is 5.66. The molecule has 0 aliphatic heterocycles. The number of ether oxygens (including phenoxy) is 1. The minimum Gasteiger partial charge on any atom is -0.481 e. The largest absolute Gasteiger partial charge is 0.481 e. The molecule has 0 saturated heterocycles. The molecule has 0 bridgehead atoms. The summed E-state index contributed by atoms with van der Waals surface area (Å²) in [6.45, 7) is 3.45. The summed E-state index contributed by atoms with van der Waals surface area (Å²) >= 11 is 0. The van der Waals surface area contributed by atoms with Crippen LogP contribution in [0.2, 0.25) is 0 Å². The quantitative estimate of drug-likeness (QED) is 0.594. The predicted octanol–water partition coefficient (Wildman–Crippen LogP) is 1.23. The van der Waals surface area contributed by atoms with E-state index in [9.17, 15) is 14.9 Å². The Labute approximate surface area is 97.0 Å². The molecule has 0 spiro atoms. The van der Waals surface area contributed by atoms with E-state index in [0.717, 1.165) is 6.20 Å². The lowest BCUT2D eigenvalue weighted by molar-refractivity contribution is -0.386. The van der Waals surface area contributed by atoms with Crippen molar-refractivity contribution in [2.45, 2.75) is 26.3 Å². The van der Waals surface area contributed by atoms with Gasteiger partial charge in [0.25, 0.3) is 5.88 Å². The van der Waals surface area contributed by atoms with Crippen LogP contribution in [0.1, 0.15) is 26.3 Å². The average Bonchev–Trinajstić information content (AvgIpc) is 2.60. The molecule has 0 aliphatic rings. The molecule has 0 unspecified atom stereocenters. The van der Waals surface area contributed by atoms with Crippen molar-refractivity contribution in [3.63, 3.8) is 0 Å². The molecule has 1 heterocycles. The summed E-state index contributed by atoms with van der Waals surface area (Å²) in [4.78, 5) is 20.4. The van der Waals surface area contributed by atoms with Gasteiger partial charge in [-0.2, -0.15) is 5.10 Å². The number of hydrogen-bond acceptors (Lipinski definition) is 5. The maximum Gasteiger partial charge on any atom is 0.350 e. The van der Waals surface area contributed by atoms with Gasteiger partial charge in [0.2, 0.25) is 0 Å². The van der Waals surface area contributed by atoms with Crippen molar-refractivity contribution in [1.29, 1.82) is 0 Å². The Hall–Kier alpha value is -2.12. The van der Waals surface area contributed by atoms with E-state index in [0.29, 0.717) is 0 Å². The Morgan fingerprint density at radius 3 is 2.82 bits per heavy atom. The molecule has 8 heteroatoms. The molecule has 0 saturated carbocycles. The van der Waals surface area contributed by atoms with Crippen molar-refractivity contribution in [3.05, 3.63) is 16.3 Å². The number of aromatic nitrogens is 2. The lowest BCUT2D eigenvalue weighted by atomic mass is 10.4. The summed E-state index contributed by atoms with van der Waals surface area (Å²) in [6.07, 6.45) is 0.872. The SMILES string of the molecule is CC(C)n1ncc([N+](=O)[O-])c1OCCC(=O)O. The zero-order chi connectivity index (χ0) is 13.0. The van der Waals surface area contributed by atoms with Crippen LogP contribution in [0.5, 0.6) is 5.88 Å². The standard InChI is InChI=1S/C9H13N3O5/c1-6(2)11-9(17-4-3-8(13)14)7(5-10-11)12(15)16/h5-6H,3-4H2,1-2H3,(H,13,14). The molecular weight excluding hydrogens is 230 g/mol. The van der Waals surface area contributed by atoms with Gasteiger partial charge in [0.05, 0.1) is 17.4 Å². The van der Waals surface area contributed by atoms with Crippen molar-refractivity contribution >= 4 is 11.7 Å². The zero-order valence-electron chi connectivity index (χ0n) is 9.49. The number of hydrogen-bond donors (Lipinski definition) is 1. The second kappa shape index (κ2) is 5.28. The summed E-state index contributed by atoms with van der Waals surface area (Å²) in [5.41, 5.74) is -0.260. The van der Waals surface area contributed by atoms with Crippen LogP contribution in [0.15, 0.2) is 6.20 Å². The van der Waals surface area contributed by atoms with Gasteiger partial charge in [-0.15, -0.1) is 0 Å². The Balaban J connectivity index is 2.88. The van der Waals surface area contributed by atoms with Crippen LogP contribution in [-0.2, 0) is 4.79 Å². The lowest BCUT2D eigenvalue weighted by Gasteiger charge is -2.10. The monoisotopic (exact) mass is 243 g/mol. The Morgan fingerprint density at radius 2 is 2.35 bits per heavy atom. The van der Waals surface area contributed by atoms with Crippen LogP contribution >= 0.6 is 0 Å². The molecule has 0 aromatic carbocycles. The first-order valence-corrected chi connectivity index (χ1v) is 5.00. The fourth-order valence-corrected chi connectivity index (χ4v) is 1.21. The molecule has 0 amide bonds. The molecule has 0 atom stereocenters. The molecule has 8 nitrogen and oxygen atoms in total. The van der Waals surface area contributed by atoms with E-state index >= 15 is 0 Å². The predicted molar refractivity (Wildman–Crippen MR) is 57.0 cm³/mol. The summed E-state index contributed by atoms with van der Waals surface area (Å²) in [5.74, 6) is -1.03. The van der Waals surface area contributed by atoms with Crippen LogP contribution in [0.4, 0.5) is 5.69 Å². The first kappa shape index (κ1) is 12.9. The third kappa shape index (κ3) is 3.16. The summed E-state index contributed by atoms with van der Waals surface area (Å²) < 4.78 is 6.47. The summed E-state index contributed by atoms with van der Waals surface area (Å²) in [7, 11) is 0. The first-order valence-electron chi connectivity index (χ1n) is 5.00. The second-order valence-corrected chi connectivity index (χ2v) is 3.62. The van der Waals surface area contributed by atoms with Gasteiger partial charge in [-0.1, -0.05) is 0 Å². The van der Waals surface area contributed by atoms with Gasteiger partial charge in [-0.3, -0.25) is 14.9 Å². The first-order chi connectivity index (χ1) is 7.93. The molecular formula is C9H13N3O5. The van der Waals surface area contributed by atoms with Gasteiger partial charge in [0.1, 0.15) is 12.8 Å². The zero-order valence-corrected chi connectivity index (χ0v) is 9.49. The molecule has 1 aromatic heterocycles. The molecule has 1 rings (SSSR count). The fourth-order valence-electron chi connectivity index (χ4n) is 1.21. The van der Waals surface area contributed by atoms with E-state index < -0.39 is 10.9 Å². The van der Waals surface area contributed by atoms with Gasteiger partial charge in [0, 0.05) is 0 Å². The summed E-state index contributed by atoms with van der Waals surface area (Å²) in [5, 5.41) is 23.0. The maximum absolute atomic E-state index is 10.7. The van der Waals surface area contributed by atoms with E-state index in [2.05, 4.69) is 5.10 Å². The minimum atomic E-state index is -1.02. The third-order valence-corrected chi connectivity index (χ3v) is 1.97. The number of carbonyl (C=O) groups is 1. The van der Waals surface area contributed by atoms with Gasteiger partial charge in [0.15, 0.2) is 0 Å². The van der Waals surface area contributed by atoms with Crippen LogP contribution in [0.3, 0.4) is 0 Å². The van der Waals surface area contributed by atoms with Crippen molar-refractivity contribution in [3.8, 4) is 5.88 Å². The molecule has 1 N–H and O–H groups in total. The second-order valence-electron chi connectivity index (χ2n) is 3.62. The summed E-state index contributed by atoms with van der Waals surface area (Å²) in [6, 6.07) is -0.108. The Bertz CT molecular complexity index is 426. The van der Waals surface area contributed by atoms with Crippen LogP contribution in [0.25, 0.3) is 0 Å². The van der Waals surface area contributed by atoms with Gasteiger partial charge >= 0.3 is 11.7 Å². The van der Waals surface area contributed by atoms with Crippen molar-refractivity contribution in [1.82, 2.24) is 9.78 Å². The topological polar surface area (TPSA) is 107 Å². The number of nitro groups is 1. The third-order valence-electron chi connectivity index (χ3n) is 1.97. The van der Waals surface area contributed by atoms with E-state index in [1.165, 1.54) is 4.68 Å². The highest BCUT2D eigenvalue weighted by Gasteiger charge is 2.23. The fraction of sp³-hybridized carbons (Fsp3) is 0.556. The highest BCUT2D eigenvalue weighted by atomic mass is 16.6. The normalized spacial score (nSPS) is 10.5. The number of rotatable bonds is 6. The van der Waals surface area contributed by atoms with Crippen molar-refractivity contribution < 1.29 is 19.6 Å². The molecule has 17 heavy (non-hydrogen) atoms. The average molecular weight is 243 g/mol. The maximum atomic E-state index is 10.7. The molecule has 1 aromatic rings. The number of nitrogens with zero attached hydrogens (tertiary/aromatic N) is 3. The molecule has 94 valence electrons. The molecule has 0 radical (unpaired) electrons. The van der Waals surface area contributed by atoms with Crippen molar-refractivity contribution in [2.75, 3.05) is 6.61 Å². The van der Waals surface area contributed by atoms with Crippen molar-refractivity contribution in [2.24, 2.45) is 0 Å². The van der Waals surface area contributed by atoms with Gasteiger partial charge < -0.3 is 9.84 Å². The molecule has 0 aliphatic carbocycles.